The molecule has 0 aliphatic rings. The molecule has 0 atom stereocenters. The average molecular weight is 281 g/mol. The molecule has 0 aromatic carbocycles. The molecule has 0 aliphatic heterocycles. The number of aromatic nitrogens is 3. The number of rotatable bonds is 5. The summed E-state index contributed by atoms with van der Waals surface area (Å²) in [5, 5.41) is 10.7. The number of hydrogen-bond acceptors (Lipinski definition) is 5. The number of anilines is 1. The van der Waals surface area contributed by atoms with Gasteiger partial charge >= 0.3 is 0 Å². The molecular formula is C11H15N5S2. The van der Waals surface area contributed by atoms with Crippen LogP contribution in [-0.2, 0) is 13.5 Å². The molecule has 0 aliphatic carbocycles. The van der Waals surface area contributed by atoms with Gasteiger partial charge in [-0.2, -0.15) is 5.10 Å². The molecule has 0 bridgehead atoms. The van der Waals surface area contributed by atoms with Crippen molar-refractivity contribution in [2.24, 2.45) is 12.8 Å². The summed E-state index contributed by atoms with van der Waals surface area (Å²) < 4.78 is 1.77. The van der Waals surface area contributed by atoms with Gasteiger partial charge in [0.15, 0.2) is 0 Å². The van der Waals surface area contributed by atoms with E-state index in [1.165, 1.54) is 0 Å². The highest BCUT2D eigenvalue weighted by atomic mass is 32.1. The first-order valence-electron chi connectivity index (χ1n) is 5.55. The number of thiocarbonyl (C=S) groups is 1. The molecule has 0 amide bonds. The molecule has 0 unspecified atom stereocenters. The molecule has 3 N–H and O–H groups in total. The van der Waals surface area contributed by atoms with E-state index in [9.17, 15) is 0 Å². The Bertz CT molecular complexity index is 544. The van der Waals surface area contributed by atoms with E-state index in [2.05, 4.69) is 15.4 Å². The van der Waals surface area contributed by atoms with Crippen molar-refractivity contribution in [2.75, 3.05) is 11.9 Å². The lowest BCUT2D eigenvalue weighted by Gasteiger charge is -2.08. The Labute approximate surface area is 115 Å². The highest BCUT2D eigenvalue weighted by Crippen LogP contribution is 2.18. The van der Waals surface area contributed by atoms with Gasteiger partial charge in [0.25, 0.3) is 0 Å². The second-order valence-corrected chi connectivity index (χ2v) is 5.32. The average Bonchev–Trinajstić information content (AvgIpc) is 2.87. The number of aryl methyl sites for hydroxylation is 2. The Morgan fingerprint density at radius 3 is 3.00 bits per heavy atom. The fraction of sp³-hybridized carbons (Fsp3) is 0.364. The van der Waals surface area contributed by atoms with Crippen LogP contribution in [0.5, 0.6) is 0 Å². The second kappa shape index (κ2) is 5.45. The van der Waals surface area contributed by atoms with Crippen LogP contribution in [0.25, 0.3) is 0 Å². The number of hydrogen-bond donors (Lipinski definition) is 2. The normalized spacial score (nSPS) is 10.6. The molecule has 18 heavy (non-hydrogen) atoms. The first-order valence-corrected chi connectivity index (χ1v) is 6.84. The van der Waals surface area contributed by atoms with Crippen molar-refractivity contribution in [3.05, 3.63) is 27.8 Å². The van der Waals surface area contributed by atoms with Gasteiger partial charge in [-0.1, -0.05) is 12.2 Å². The Balaban J connectivity index is 2.07. The van der Waals surface area contributed by atoms with Crippen molar-refractivity contribution in [1.82, 2.24) is 14.8 Å². The molecule has 0 fully saturated rings. The van der Waals surface area contributed by atoms with Gasteiger partial charge < -0.3 is 11.1 Å². The Hall–Kier alpha value is -1.47. The van der Waals surface area contributed by atoms with Crippen LogP contribution in [0.4, 0.5) is 5.82 Å². The Kier molecular flexibility index (Phi) is 3.93. The standard InChI is InChI=1S/C11H15N5S2/c1-7-9(10(12)17)11(16(2)15-7)14-4-3-8-13-5-6-18-8/h5-6,14H,3-4H2,1-2H3,(H2,12,17). The minimum atomic E-state index is 0.373. The molecule has 2 aromatic rings. The summed E-state index contributed by atoms with van der Waals surface area (Å²) in [5.41, 5.74) is 7.40. The van der Waals surface area contributed by atoms with Crippen molar-refractivity contribution in [2.45, 2.75) is 13.3 Å². The summed E-state index contributed by atoms with van der Waals surface area (Å²) in [7, 11) is 1.88. The summed E-state index contributed by atoms with van der Waals surface area (Å²) in [4.78, 5) is 4.61. The van der Waals surface area contributed by atoms with Crippen LogP contribution >= 0.6 is 23.6 Å². The molecule has 0 radical (unpaired) electrons. The van der Waals surface area contributed by atoms with Crippen LogP contribution in [0.2, 0.25) is 0 Å². The summed E-state index contributed by atoms with van der Waals surface area (Å²) >= 11 is 6.71. The molecule has 2 heterocycles. The van der Waals surface area contributed by atoms with Crippen molar-refractivity contribution < 1.29 is 0 Å². The van der Waals surface area contributed by atoms with E-state index in [1.54, 1.807) is 16.0 Å². The zero-order valence-corrected chi connectivity index (χ0v) is 11.9. The van der Waals surface area contributed by atoms with Gasteiger partial charge in [0.2, 0.25) is 0 Å². The van der Waals surface area contributed by atoms with Crippen molar-refractivity contribution in [3.8, 4) is 0 Å². The minimum absolute atomic E-state index is 0.373. The lowest BCUT2D eigenvalue weighted by molar-refractivity contribution is 0.757. The smallest absolute Gasteiger partial charge is 0.134 e. The highest BCUT2D eigenvalue weighted by Gasteiger charge is 2.14. The molecule has 0 spiro atoms. The van der Waals surface area contributed by atoms with Crippen LogP contribution in [0.1, 0.15) is 16.3 Å². The van der Waals surface area contributed by atoms with Crippen LogP contribution in [0, 0.1) is 6.92 Å². The summed E-state index contributed by atoms with van der Waals surface area (Å²) in [5.74, 6) is 0.872. The van der Waals surface area contributed by atoms with E-state index >= 15 is 0 Å². The van der Waals surface area contributed by atoms with Gasteiger partial charge in [0.1, 0.15) is 10.8 Å². The minimum Gasteiger partial charge on any atom is -0.389 e. The van der Waals surface area contributed by atoms with Crippen LogP contribution in [-0.4, -0.2) is 26.3 Å². The summed E-state index contributed by atoms with van der Waals surface area (Å²) in [6.45, 7) is 2.68. The van der Waals surface area contributed by atoms with E-state index in [4.69, 9.17) is 18.0 Å². The third-order valence-electron chi connectivity index (χ3n) is 2.58. The van der Waals surface area contributed by atoms with E-state index in [0.717, 1.165) is 35.0 Å². The second-order valence-electron chi connectivity index (χ2n) is 3.90. The molecular weight excluding hydrogens is 266 g/mol. The van der Waals surface area contributed by atoms with Crippen molar-refractivity contribution in [1.29, 1.82) is 0 Å². The topological polar surface area (TPSA) is 68.8 Å². The first-order chi connectivity index (χ1) is 8.59. The zero-order chi connectivity index (χ0) is 13.1. The molecule has 0 saturated heterocycles. The van der Waals surface area contributed by atoms with Gasteiger partial charge in [-0.3, -0.25) is 4.68 Å². The number of nitrogens with zero attached hydrogens (tertiary/aromatic N) is 3. The fourth-order valence-electron chi connectivity index (χ4n) is 1.82. The molecule has 0 saturated carbocycles. The van der Waals surface area contributed by atoms with E-state index in [0.29, 0.717) is 4.99 Å². The molecule has 2 aromatic heterocycles. The van der Waals surface area contributed by atoms with Crippen LogP contribution in [0.15, 0.2) is 11.6 Å². The largest absolute Gasteiger partial charge is 0.389 e. The van der Waals surface area contributed by atoms with Gasteiger partial charge in [-0.25, -0.2) is 4.98 Å². The van der Waals surface area contributed by atoms with Gasteiger partial charge in [0, 0.05) is 31.6 Å². The first kappa shape index (κ1) is 13.0. The monoisotopic (exact) mass is 281 g/mol. The third-order valence-corrected chi connectivity index (χ3v) is 3.63. The SMILES string of the molecule is Cc1nn(C)c(NCCc2nccs2)c1C(N)=S. The van der Waals surface area contributed by atoms with Gasteiger partial charge in [-0.05, 0) is 6.92 Å². The highest BCUT2D eigenvalue weighted by molar-refractivity contribution is 7.80. The fourth-order valence-corrected chi connectivity index (χ4v) is 2.69. The molecule has 7 heteroatoms. The predicted octanol–water partition coefficient (Wildman–Crippen LogP) is 1.47. The van der Waals surface area contributed by atoms with Crippen molar-refractivity contribution >= 4 is 34.4 Å². The van der Waals surface area contributed by atoms with E-state index in [1.807, 2.05) is 25.5 Å². The Morgan fingerprint density at radius 2 is 2.39 bits per heavy atom. The van der Waals surface area contributed by atoms with E-state index < -0.39 is 0 Å². The van der Waals surface area contributed by atoms with E-state index in [-0.39, 0.29) is 0 Å². The number of nitrogens with one attached hydrogen (secondary N) is 1. The maximum atomic E-state index is 5.72. The lowest BCUT2D eigenvalue weighted by atomic mass is 10.2. The third kappa shape index (κ3) is 2.68. The van der Waals surface area contributed by atoms with Gasteiger partial charge in [-0.15, -0.1) is 11.3 Å². The summed E-state index contributed by atoms with van der Waals surface area (Å²) in [6.07, 6.45) is 2.69. The number of thiazole rings is 1. The van der Waals surface area contributed by atoms with Crippen molar-refractivity contribution in [3.63, 3.8) is 0 Å². The summed E-state index contributed by atoms with van der Waals surface area (Å²) in [6, 6.07) is 0. The Morgan fingerprint density at radius 1 is 1.61 bits per heavy atom. The van der Waals surface area contributed by atoms with Crippen LogP contribution in [0.3, 0.4) is 0 Å². The molecule has 5 nitrogen and oxygen atoms in total. The molecule has 96 valence electrons. The maximum absolute atomic E-state index is 5.72. The quantitative estimate of drug-likeness (QED) is 0.812. The lowest BCUT2D eigenvalue weighted by Crippen LogP contribution is -2.15. The maximum Gasteiger partial charge on any atom is 0.134 e. The number of nitrogens with two attached hydrogens (primary N) is 1. The van der Waals surface area contributed by atoms with Gasteiger partial charge in [0.05, 0.1) is 16.3 Å². The predicted molar refractivity (Wildman–Crippen MR) is 78.1 cm³/mol. The van der Waals surface area contributed by atoms with Crippen LogP contribution < -0.4 is 11.1 Å². The molecule has 2 rings (SSSR count). The zero-order valence-electron chi connectivity index (χ0n) is 10.3.